The zero-order valence-electron chi connectivity index (χ0n) is 8.54. The predicted octanol–water partition coefficient (Wildman–Crippen LogP) is 2.95. The van der Waals surface area contributed by atoms with E-state index in [2.05, 4.69) is 35.6 Å². The summed E-state index contributed by atoms with van der Waals surface area (Å²) in [5.41, 5.74) is 3.36. The lowest BCUT2D eigenvalue weighted by Crippen LogP contribution is -2.31. The van der Waals surface area contributed by atoms with Crippen molar-refractivity contribution in [3.05, 3.63) is 28.1 Å². The molecule has 0 fully saturated rings. The first kappa shape index (κ1) is 9.43. The van der Waals surface area contributed by atoms with Crippen LogP contribution < -0.4 is 5.32 Å². The van der Waals surface area contributed by atoms with E-state index in [1.54, 1.807) is 11.3 Å². The van der Waals surface area contributed by atoms with E-state index in [0.29, 0.717) is 0 Å². The molecule has 1 aliphatic heterocycles. The summed E-state index contributed by atoms with van der Waals surface area (Å²) in [4.78, 5) is 5.82. The first-order valence-electron chi connectivity index (χ1n) is 4.88. The van der Waals surface area contributed by atoms with Gasteiger partial charge < -0.3 is 5.32 Å². The van der Waals surface area contributed by atoms with E-state index in [4.69, 9.17) is 11.6 Å². The van der Waals surface area contributed by atoms with Crippen LogP contribution in [0.4, 0.5) is 0 Å². The topological polar surface area (TPSA) is 24.4 Å². The molecule has 0 aromatic carbocycles. The number of hydrogen-bond donors (Lipinski definition) is 1. The SMILES string of the molecule is CC1(C)C2=NC(Cl)NC=C2c2sccc21. The van der Waals surface area contributed by atoms with E-state index in [0.717, 1.165) is 5.71 Å². The number of aliphatic imine (C=N–C) groups is 1. The number of nitrogens with one attached hydrogen (secondary N) is 1. The van der Waals surface area contributed by atoms with E-state index in [1.165, 1.54) is 16.0 Å². The molecule has 0 saturated heterocycles. The van der Waals surface area contributed by atoms with Gasteiger partial charge in [-0.1, -0.05) is 25.4 Å². The fourth-order valence-electron chi connectivity index (χ4n) is 2.25. The molecule has 1 atom stereocenters. The van der Waals surface area contributed by atoms with Gasteiger partial charge in [0.25, 0.3) is 0 Å². The zero-order valence-corrected chi connectivity index (χ0v) is 10.1. The molecule has 2 nitrogen and oxygen atoms in total. The molecular weight excluding hydrogens is 228 g/mol. The van der Waals surface area contributed by atoms with Gasteiger partial charge in [0.15, 0.2) is 5.62 Å². The summed E-state index contributed by atoms with van der Waals surface area (Å²) >= 11 is 7.75. The fraction of sp³-hybridized carbons (Fsp3) is 0.364. The fourth-order valence-corrected chi connectivity index (χ4v) is 3.48. The van der Waals surface area contributed by atoms with Crippen molar-refractivity contribution in [3.63, 3.8) is 0 Å². The van der Waals surface area contributed by atoms with Gasteiger partial charge in [-0.05, 0) is 17.0 Å². The zero-order chi connectivity index (χ0) is 10.6. The highest BCUT2D eigenvalue weighted by Gasteiger charge is 2.42. The van der Waals surface area contributed by atoms with Crippen LogP contribution in [-0.4, -0.2) is 11.3 Å². The molecule has 3 rings (SSSR count). The van der Waals surface area contributed by atoms with Gasteiger partial charge >= 0.3 is 0 Å². The van der Waals surface area contributed by atoms with Crippen LogP contribution in [-0.2, 0) is 5.41 Å². The predicted molar refractivity (Wildman–Crippen MR) is 65.5 cm³/mol. The molecule has 0 amide bonds. The van der Waals surface area contributed by atoms with E-state index in [-0.39, 0.29) is 11.0 Å². The minimum atomic E-state index is -0.322. The van der Waals surface area contributed by atoms with Gasteiger partial charge in [-0.3, -0.25) is 0 Å². The number of nitrogens with zero attached hydrogens (tertiary/aromatic N) is 1. The van der Waals surface area contributed by atoms with Crippen LogP contribution in [0.15, 0.2) is 22.6 Å². The maximum atomic E-state index is 5.98. The molecule has 0 radical (unpaired) electrons. The van der Waals surface area contributed by atoms with E-state index >= 15 is 0 Å². The number of rotatable bonds is 0. The lowest BCUT2D eigenvalue weighted by Gasteiger charge is -2.23. The van der Waals surface area contributed by atoms with Crippen LogP contribution >= 0.6 is 22.9 Å². The lowest BCUT2D eigenvalue weighted by molar-refractivity contribution is 0.712. The van der Waals surface area contributed by atoms with Gasteiger partial charge in [-0.15, -0.1) is 11.3 Å². The summed E-state index contributed by atoms with van der Waals surface area (Å²) in [5, 5.41) is 5.18. The van der Waals surface area contributed by atoms with Gasteiger partial charge in [-0.25, -0.2) is 4.99 Å². The van der Waals surface area contributed by atoms with Crippen LogP contribution in [0.5, 0.6) is 0 Å². The number of thiophene rings is 1. The second-order valence-electron chi connectivity index (χ2n) is 4.33. The van der Waals surface area contributed by atoms with E-state index < -0.39 is 0 Å². The summed E-state index contributed by atoms with van der Waals surface area (Å²) in [6.45, 7) is 4.40. The molecule has 1 aromatic rings. The summed E-state index contributed by atoms with van der Waals surface area (Å²) in [7, 11) is 0. The van der Waals surface area contributed by atoms with Crippen molar-refractivity contribution in [2.24, 2.45) is 4.99 Å². The second-order valence-corrected chi connectivity index (χ2v) is 5.66. The molecule has 2 heterocycles. The first-order valence-corrected chi connectivity index (χ1v) is 6.19. The Bertz CT molecular complexity index is 485. The monoisotopic (exact) mass is 238 g/mol. The normalized spacial score (nSPS) is 26.2. The van der Waals surface area contributed by atoms with E-state index in [9.17, 15) is 0 Å². The molecule has 2 aliphatic rings. The smallest absolute Gasteiger partial charge is 0.195 e. The highest BCUT2D eigenvalue weighted by atomic mass is 35.5. The van der Waals surface area contributed by atoms with Gasteiger partial charge in [-0.2, -0.15) is 0 Å². The molecule has 1 aliphatic carbocycles. The minimum absolute atomic E-state index is 0.00356. The Balaban J connectivity index is 2.26. The van der Waals surface area contributed by atoms with Crippen molar-refractivity contribution in [1.82, 2.24) is 5.32 Å². The van der Waals surface area contributed by atoms with Crippen molar-refractivity contribution in [2.45, 2.75) is 24.9 Å². The molecule has 15 heavy (non-hydrogen) atoms. The average Bonchev–Trinajstić information content (AvgIpc) is 2.72. The van der Waals surface area contributed by atoms with Gasteiger partial charge in [0, 0.05) is 22.1 Å². The molecule has 1 unspecified atom stereocenters. The van der Waals surface area contributed by atoms with Crippen LogP contribution in [0, 0.1) is 0 Å². The third kappa shape index (κ3) is 1.13. The number of allylic oxidation sites excluding steroid dienone is 1. The molecule has 0 saturated carbocycles. The Kier molecular flexibility index (Phi) is 1.80. The molecule has 1 aromatic heterocycles. The molecule has 0 spiro atoms. The standard InChI is InChI=1S/C11H11ClN2S/c1-11(2)7-3-4-15-8(7)6-5-13-10(12)14-9(6)11/h3-5,10,13H,1-2H3. The van der Waals surface area contributed by atoms with Gasteiger partial charge in [0.05, 0.1) is 5.71 Å². The van der Waals surface area contributed by atoms with Crippen molar-refractivity contribution in [2.75, 3.05) is 0 Å². The van der Waals surface area contributed by atoms with Crippen molar-refractivity contribution in [1.29, 1.82) is 0 Å². The van der Waals surface area contributed by atoms with Crippen LogP contribution in [0.25, 0.3) is 5.57 Å². The lowest BCUT2D eigenvalue weighted by atomic mass is 9.85. The van der Waals surface area contributed by atoms with E-state index in [1.807, 2.05) is 6.20 Å². The average molecular weight is 239 g/mol. The third-order valence-electron chi connectivity index (χ3n) is 3.04. The Morgan fingerprint density at radius 3 is 3.13 bits per heavy atom. The van der Waals surface area contributed by atoms with Crippen LogP contribution in [0.2, 0.25) is 0 Å². The number of halogens is 1. The van der Waals surface area contributed by atoms with Crippen molar-refractivity contribution in [3.8, 4) is 0 Å². The summed E-state index contributed by atoms with van der Waals surface area (Å²) in [6.07, 6.45) is 1.99. The highest BCUT2D eigenvalue weighted by molar-refractivity contribution is 7.12. The first-order chi connectivity index (χ1) is 7.10. The highest BCUT2D eigenvalue weighted by Crippen LogP contribution is 2.46. The maximum absolute atomic E-state index is 5.98. The van der Waals surface area contributed by atoms with Crippen LogP contribution in [0.3, 0.4) is 0 Å². The van der Waals surface area contributed by atoms with Gasteiger partial charge in [0.2, 0.25) is 0 Å². The molecule has 4 heteroatoms. The summed E-state index contributed by atoms with van der Waals surface area (Å²) < 4.78 is 0. The third-order valence-corrected chi connectivity index (χ3v) is 4.21. The second kappa shape index (κ2) is 2.86. The minimum Gasteiger partial charge on any atom is -0.357 e. The molecule has 78 valence electrons. The summed E-state index contributed by atoms with van der Waals surface area (Å²) in [5.74, 6) is 0. The Morgan fingerprint density at radius 1 is 1.53 bits per heavy atom. The van der Waals surface area contributed by atoms with Gasteiger partial charge in [0.1, 0.15) is 0 Å². The largest absolute Gasteiger partial charge is 0.357 e. The summed E-state index contributed by atoms with van der Waals surface area (Å²) in [6, 6.07) is 2.19. The molecule has 0 bridgehead atoms. The maximum Gasteiger partial charge on any atom is 0.195 e. The molecule has 1 N–H and O–H groups in total. The Morgan fingerprint density at radius 2 is 2.33 bits per heavy atom. The Labute approximate surface area is 97.7 Å². The van der Waals surface area contributed by atoms with Crippen molar-refractivity contribution >= 4 is 34.2 Å². The quantitative estimate of drug-likeness (QED) is 0.546. The number of hydrogen-bond acceptors (Lipinski definition) is 3. The van der Waals surface area contributed by atoms with Crippen molar-refractivity contribution < 1.29 is 0 Å². The van der Waals surface area contributed by atoms with Crippen LogP contribution in [0.1, 0.15) is 24.3 Å². The number of fused-ring (bicyclic) bond motifs is 3. The number of alkyl halides is 1. The Hall–Kier alpha value is -0.800. The molecular formula is C11H11ClN2S.